The van der Waals surface area contributed by atoms with Gasteiger partial charge in [-0.1, -0.05) is 59.3 Å². The molecule has 0 spiro atoms. The van der Waals surface area contributed by atoms with Crippen LogP contribution in [0.5, 0.6) is 0 Å². The molecule has 0 bridgehead atoms. The van der Waals surface area contributed by atoms with Crippen LogP contribution in [0.4, 0.5) is 0 Å². The van der Waals surface area contributed by atoms with E-state index in [1.165, 1.54) is 11.1 Å². The summed E-state index contributed by atoms with van der Waals surface area (Å²) in [6.07, 6.45) is 6.95. The van der Waals surface area contributed by atoms with Crippen molar-refractivity contribution in [2.24, 2.45) is 5.92 Å². The van der Waals surface area contributed by atoms with Gasteiger partial charge in [-0.05, 0) is 49.4 Å². The summed E-state index contributed by atoms with van der Waals surface area (Å²) in [5.41, 5.74) is 2.90. The second-order valence-electron chi connectivity index (χ2n) is 7.39. The third-order valence-corrected chi connectivity index (χ3v) is 8.89. The van der Waals surface area contributed by atoms with Crippen LogP contribution in [0.2, 0.25) is 18.1 Å². The summed E-state index contributed by atoms with van der Waals surface area (Å²) in [6, 6.07) is 0. The first-order chi connectivity index (χ1) is 9.05. The van der Waals surface area contributed by atoms with Crippen LogP contribution in [0.3, 0.4) is 0 Å². The SMILES string of the molecule is CC/C=C(CC)/C(C)=C\[C@@H](C)CO[Si](C)(C)C(C)(C)C. The van der Waals surface area contributed by atoms with E-state index in [2.05, 4.69) is 73.7 Å². The summed E-state index contributed by atoms with van der Waals surface area (Å²) in [5.74, 6) is 0.482. The summed E-state index contributed by atoms with van der Waals surface area (Å²) in [5, 5.41) is 0.294. The van der Waals surface area contributed by atoms with E-state index in [4.69, 9.17) is 4.43 Å². The van der Waals surface area contributed by atoms with Crippen molar-refractivity contribution in [3.05, 3.63) is 23.3 Å². The Balaban J connectivity index is 4.65. The zero-order valence-electron chi connectivity index (χ0n) is 15.3. The Hall–Kier alpha value is -0.343. The standard InChI is InChI=1S/C18H36OSi/c1-10-12-17(11-2)16(4)13-15(3)14-19-20(8,9)18(5,6)7/h12-13,15H,10-11,14H2,1-9H3/b16-13-,17-12+/t15-/m1/s1. The second-order valence-corrected chi connectivity index (χ2v) is 12.2. The fourth-order valence-corrected chi connectivity index (χ4v) is 3.08. The Kier molecular flexibility index (Phi) is 8.05. The van der Waals surface area contributed by atoms with Crippen molar-refractivity contribution < 1.29 is 4.43 Å². The van der Waals surface area contributed by atoms with Crippen molar-refractivity contribution in [2.75, 3.05) is 6.61 Å². The van der Waals surface area contributed by atoms with Crippen LogP contribution in [-0.4, -0.2) is 14.9 Å². The predicted octanol–water partition coefficient (Wildman–Crippen LogP) is 6.34. The molecule has 0 aliphatic rings. The van der Waals surface area contributed by atoms with E-state index < -0.39 is 8.32 Å². The molecule has 0 aromatic carbocycles. The Morgan fingerprint density at radius 1 is 1.20 bits per heavy atom. The number of rotatable bonds is 7. The van der Waals surface area contributed by atoms with Crippen molar-refractivity contribution in [3.8, 4) is 0 Å². The molecule has 0 aliphatic heterocycles. The van der Waals surface area contributed by atoms with E-state index in [9.17, 15) is 0 Å². The zero-order valence-corrected chi connectivity index (χ0v) is 16.3. The number of allylic oxidation sites excluding steroid dienone is 3. The van der Waals surface area contributed by atoms with Crippen LogP contribution in [0.1, 0.15) is 61.3 Å². The van der Waals surface area contributed by atoms with Crippen LogP contribution in [0.25, 0.3) is 0 Å². The highest BCUT2D eigenvalue weighted by molar-refractivity contribution is 6.74. The molecule has 0 aliphatic carbocycles. The van der Waals surface area contributed by atoms with Gasteiger partial charge in [-0.15, -0.1) is 0 Å². The smallest absolute Gasteiger partial charge is 0.192 e. The third kappa shape index (κ3) is 6.40. The van der Waals surface area contributed by atoms with Crippen LogP contribution >= 0.6 is 0 Å². The quantitative estimate of drug-likeness (QED) is 0.393. The molecule has 0 fully saturated rings. The highest BCUT2D eigenvalue weighted by Gasteiger charge is 2.37. The van der Waals surface area contributed by atoms with Gasteiger partial charge in [0.05, 0.1) is 0 Å². The molecule has 1 atom stereocenters. The summed E-state index contributed by atoms with van der Waals surface area (Å²) in [7, 11) is -1.61. The van der Waals surface area contributed by atoms with E-state index in [1.54, 1.807) is 0 Å². The zero-order chi connectivity index (χ0) is 16.0. The van der Waals surface area contributed by atoms with Gasteiger partial charge in [0.2, 0.25) is 0 Å². The van der Waals surface area contributed by atoms with Gasteiger partial charge in [-0.25, -0.2) is 0 Å². The first-order valence-corrected chi connectivity index (χ1v) is 11.0. The molecule has 118 valence electrons. The minimum atomic E-state index is -1.61. The maximum absolute atomic E-state index is 6.30. The van der Waals surface area contributed by atoms with Crippen molar-refractivity contribution >= 4 is 8.32 Å². The second kappa shape index (κ2) is 8.19. The van der Waals surface area contributed by atoms with Gasteiger partial charge in [0.25, 0.3) is 0 Å². The molecule has 0 saturated heterocycles. The normalized spacial score (nSPS) is 16.4. The Morgan fingerprint density at radius 2 is 1.75 bits per heavy atom. The molecule has 1 nitrogen and oxygen atoms in total. The van der Waals surface area contributed by atoms with E-state index in [1.807, 2.05) is 0 Å². The first-order valence-electron chi connectivity index (χ1n) is 8.07. The molecule has 0 heterocycles. The molecule has 2 heteroatoms. The predicted molar refractivity (Wildman–Crippen MR) is 94.7 cm³/mol. The van der Waals surface area contributed by atoms with Crippen molar-refractivity contribution in [3.63, 3.8) is 0 Å². The third-order valence-electron chi connectivity index (χ3n) is 4.39. The summed E-state index contributed by atoms with van der Waals surface area (Å²) in [6.45, 7) is 21.3. The van der Waals surface area contributed by atoms with E-state index in [0.717, 1.165) is 19.4 Å². The lowest BCUT2D eigenvalue weighted by Crippen LogP contribution is -2.41. The Morgan fingerprint density at radius 3 is 2.15 bits per heavy atom. The molecule has 0 amide bonds. The molecule has 0 saturated carbocycles. The van der Waals surface area contributed by atoms with Gasteiger partial charge in [-0.2, -0.15) is 0 Å². The molecule has 0 rings (SSSR count). The summed E-state index contributed by atoms with van der Waals surface area (Å²) >= 11 is 0. The average molecular weight is 297 g/mol. The summed E-state index contributed by atoms with van der Waals surface area (Å²) < 4.78 is 6.30. The monoisotopic (exact) mass is 296 g/mol. The van der Waals surface area contributed by atoms with Gasteiger partial charge in [-0.3, -0.25) is 0 Å². The van der Waals surface area contributed by atoms with E-state index >= 15 is 0 Å². The lowest BCUT2D eigenvalue weighted by molar-refractivity contribution is 0.259. The molecular weight excluding hydrogens is 260 g/mol. The van der Waals surface area contributed by atoms with E-state index in [-0.39, 0.29) is 0 Å². The minimum absolute atomic E-state index is 0.294. The molecule has 0 aromatic heterocycles. The largest absolute Gasteiger partial charge is 0.416 e. The van der Waals surface area contributed by atoms with Crippen LogP contribution < -0.4 is 0 Å². The fraction of sp³-hybridized carbons (Fsp3) is 0.778. The molecular formula is C18H36OSi. The number of hydrogen-bond acceptors (Lipinski definition) is 1. The fourth-order valence-electron chi connectivity index (χ4n) is 1.97. The maximum atomic E-state index is 6.30. The lowest BCUT2D eigenvalue weighted by atomic mass is 10.00. The van der Waals surface area contributed by atoms with Crippen LogP contribution in [-0.2, 0) is 4.43 Å². The molecule has 0 N–H and O–H groups in total. The lowest BCUT2D eigenvalue weighted by Gasteiger charge is -2.36. The van der Waals surface area contributed by atoms with Gasteiger partial charge in [0, 0.05) is 6.61 Å². The van der Waals surface area contributed by atoms with Crippen molar-refractivity contribution in [1.29, 1.82) is 0 Å². The summed E-state index contributed by atoms with van der Waals surface area (Å²) in [4.78, 5) is 0. The Bertz CT molecular complexity index is 345. The minimum Gasteiger partial charge on any atom is -0.416 e. The number of hydrogen-bond donors (Lipinski definition) is 0. The van der Waals surface area contributed by atoms with Gasteiger partial charge < -0.3 is 4.43 Å². The van der Waals surface area contributed by atoms with E-state index in [0.29, 0.717) is 11.0 Å². The average Bonchev–Trinajstić information content (AvgIpc) is 2.32. The highest BCUT2D eigenvalue weighted by Crippen LogP contribution is 2.36. The van der Waals surface area contributed by atoms with Crippen LogP contribution in [0.15, 0.2) is 23.3 Å². The molecule has 0 unspecified atom stereocenters. The van der Waals surface area contributed by atoms with Crippen molar-refractivity contribution in [1.82, 2.24) is 0 Å². The topological polar surface area (TPSA) is 9.23 Å². The maximum Gasteiger partial charge on any atom is 0.192 e. The molecule has 0 radical (unpaired) electrons. The molecule has 0 aromatic rings. The first kappa shape index (κ1) is 19.7. The van der Waals surface area contributed by atoms with Crippen LogP contribution in [0, 0.1) is 5.92 Å². The van der Waals surface area contributed by atoms with Gasteiger partial charge in [0.15, 0.2) is 8.32 Å². The molecule has 20 heavy (non-hydrogen) atoms. The van der Waals surface area contributed by atoms with Gasteiger partial charge >= 0.3 is 0 Å². The highest BCUT2D eigenvalue weighted by atomic mass is 28.4. The van der Waals surface area contributed by atoms with Gasteiger partial charge in [0.1, 0.15) is 0 Å². The van der Waals surface area contributed by atoms with Crippen molar-refractivity contribution in [2.45, 2.75) is 79.4 Å². The Labute approximate surface area is 128 Å².